The number of nitrogens with zero attached hydrogens (tertiary/aromatic N) is 1. The number of rotatable bonds is 4. The second-order valence-electron chi connectivity index (χ2n) is 3.85. The molecule has 2 aromatic rings. The molecule has 0 aromatic heterocycles. The van der Waals surface area contributed by atoms with Crippen molar-refractivity contribution in [2.75, 3.05) is 0 Å². The van der Waals surface area contributed by atoms with Crippen molar-refractivity contribution in [2.24, 2.45) is 5.16 Å². The third-order valence-corrected chi connectivity index (χ3v) is 2.53. The summed E-state index contributed by atoms with van der Waals surface area (Å²) in [6.07, 6.45) is 1.75. The molecule has 17 heavy (non-hydrogen) atoms. The average molecular weight is 225 g/mol. The highest BCUT2D eigenvalue weighted by atomic mass is 16.6. The second-order valence-corrected chi connectivity index (χ2v) is 3.85. The molecule has 0 amide bonds. The van der Waals surface area contributed by atoms with E-state index in [1.165, 1.54) is 5.56 Å². The Bertz CT molecular complexity index is 491. The summed E-state index contributed by atoms with van der Waals surface area (Å²) >= 11 is 0. The maximum atomic E-state index is 5.25. The van der Waals surface area contributed by atoms with E-state index in [9.17, 15) is 0 Å². The van der Waals surface area contributed by atoms with Gasteiger partial charge in [-0.05, 0) is 23.6 Å². The van der Waals surface area contributed by atoms with Crippen LogP contribution in [0.15, 0.2) is 59.8 Å². The highest BCUT2D eigenvalue weighted by Gasteiger charge is 1.92. The molecule has 0 saturated carbocycles. The molecule has 0 radical (unpaired) electrons. The number of aryl methyl sites for hydroxylation is 1. The molecule has 0 unspecified atom stereocenters. The lowest BCUT2D eigenvalue weighted by Gasteiger charge is -2.00. The lowest BCUT2D eigenvalue weighted by molar-refractivity contribution is 0.132. The molecule has 0 aliphatic heterocycles. The molecule has 2 rings (SSSR count). The SMILES string of the molecule is Cc1ccccc1/C=N/OCc1ccccc1. The summed E-state index contributed by atoms with van der Waals surface area (Å²) in [5, 5.41) is 3.97. The topological polar surface area (TPSA) is 21.6 Å². The Hall–Kier alpha value is -2.09. The molecule has 2 aromatic carbocycles. The van der Waals surface area contributed by atoms with Crippen LogP contribution in [0.4, 0.5) is 0 Å². The van der Waals surface area contributed by atoms with Crippen molar-refractivity contribution in [3.63, 3.8) is 0 Å². The fraction of sp³-hybridized carbons (Fsp3) is 0.133. The number of hydrogen-bond acceptors (Lipinski definition) is 2. The third-order valence-electron chi connectivity index (χ3n) is 2.53. The van der Waals surface area contributed by atoms with Crippen molar-refractivity contribution in [2.45, 2.75) is 13.5 Å². The quantitative estimate of drug-likeness (QED) is 0.576. The smallest absolute Gasteiger partial charge is 0.142 e. The molecule has 0 fully saturated rings. The Morgan fingerprint density at radius 1 is 1.00 bits per heavy atom. The molecule has 0 atom stereocenters. The van der Waals surface area contributed by atoms with Crippen molar-refractivity contribution in [1.82, 2.24) is 0 Å². The summed E-state index contributed by atoms with van der Waals surface area (Å²) in [6.45, 7) is 2.56. The van der Waals surface area contributed by atoms with Gasteiger partial charge in [-0.1, -0.05) is 59.8 Å². The summed E-state index contributed by atoms with van der Waals surface area (Å²) in [4.78, 5) is 5.25. The van der Waals surface area contributed by atoms with Gasteiger partial charge in [0.25, 0.3) is 0 Å². The molecule has 0 bridgehead atoms. The fourth-order valence-electron chi connectivity index (χ4n) is 1.51. The fourth-order valence-corrected chi connectivity index (χ4v) is 1.51. The van der Waals surface area contributed by atoms with Crippen molar-refractivity contribution >= 4 is 6.21 Å². The predicted molar refractivity (Wildman–Crippen MR) is 70.0 cm³/mol. The molecule has 0 N–H and O–H groups in total. The zero-order valence-electron chi connectivity index (χ0n) is 9.84. The molecular formula is C15H15NO. The van der Waals surface area contributed by atoms with Crippen LogP contribution in [-0.2, 0) is 11.4 Å². The Labute approximate surface area is 102 Å². The van der Waals surface area contributed by atoms with Gasteiger partial charge in [0.05, 0.1) is 6.21 Å². The van der Waals surface area contributed by atoms with E-state index in [0.717, 1.165) is 11.1 Å². The van der Waals surface area contributed by atoms with Crippen LogP contribution in [0.3, 0.4) is 0 Å². The second kappa shape index (κ2) is 5.85. The van der Waals surface area contributed by atoms with Gasteiger partial charge in [0, 0.05) is 0 Å². The van der Waals surface area contributed by atoms with Gasteiger partial charge in [-0.3, -0.25) is 0 Å². The van der Waals surface area contributed by atoms with Crippen LogP contribution < -0.4 is 0 Å². The van der Waals surface area contributed by atoms with E-state index < -0.39 is 0 Å². The summed E-state index contributed by atoms with van der Waals surface area (Å²) in [6, 6.07) is 18.1. The Kier molecular flexibility index (Phi) is 3.92. The largest absolute Gasteiger partial charge is 0.391 e. The molecule has 2 nitrogen and oxygen atoms in total. The highest BCUT2D eigenvalue weighted by Crippen LogP contribution is 2.04. The summed E-state index contributed by atoms with van der Waals surface area (Å²) in [7, 11) is 0. The van der Waals surface area contributed by atoms with Gasteiger partial charge in [-0.15, -0.1) is 0 Å². The van der Waals surface area contributed by atoms with Gasteiger partial charge in [0.2, 0.25) is 0 Å². The van der Waals surface area contributed by atoms with Gasteiger partial charge in [0.15, 0.2) is 0 Å². The van der Waals surface area contributed by atoms with Gasteiger partial charge in [-0.2, -0.15) is 0 Å². The van der Waals surface area contributed by atoms with E-state index in [4.69, 9.17) is 4.84 Å². The van der Waals surface area contributed by atoms with Gasteiger partial charge < -0.3 is 4.84 Å². The van der Waals surface area contributed by atoms with Gasteiger partial charge in [-0.25, -0.2) is 0 Å². The van der Waals surface area contributed by atoms with E-state index in [1.54, 1.807) is 6.21 Å². The van der Waals surface area contributed by atoms with Crippen LogP contribution in [0.25, 0.3) is 0 Å². The van der Waals surface area contributed by atoms with Gasteiger partial charge in [0.1, 0.15) is 6.61 Å². The minimum absolute atomic E-state index is 0.503. The molecule has 2 heteroatoms. The first-order valence-electron chi connectivity index (χ1n) is 5.61. The lowest BCUT2D eigenvalue weighted by atomic mass is 10.1. The minimum atomic E-state index is 0.503. The van der Waals surface area contributed by atoms with Crippen molar-refractivity contribution < 1.29 is 4.84 Å². The van der Waals surface area contributed by atoms with E-state index >= 15 is 0 Å². The van der Waals surface area contributed by atoms with Crippen molar-refractivity contribution in [3.8, 4) is 0 Å². The first-order valence-corrected chi connectivity index (χ1v) is 5.61. The van der Waals surface area contributed by atoms with Crippen molar-refractivity contribution in [3.05, 3.63) is 71.3 Å². The van der Waals surface area contributed by atoms with Crippen LogP contribution in [0.2, 0.25) is 0 Å². The molecule has 0 spiro atoms. The lowest BCUT2D eigenvalue weighted by Crippen LogP contribution is -1.89. The number of oxime groups is 1. The summed E-state index contributed by atoms with van der Waals surface area (Å²) < 4.78 is 0. The van der Waals surface area contributed by atoms with Crippen molar-refractivity contribution in [1.29, 1.82) is 0 Å². The maximum Gasteiger partial charge on any atom is 0.142 e. The molecule has 0 saturated heterocycles. The van der Waals surface area contributed by atoms with Crippen LogP contribution in [-0.4, -0.2) is 6.21 Å². The number of hydrogen-bond donors (Lipinski definition) is 0. The normalized spacial score (nSPS) is 10.6. The van der Waals surface area contributed by atoms with Crippen LogP contribution >= 0.6 is 0 Å². The average Bonchev–Trinajstić information content (AvgIpc) is 2.38. The molecule has 0 aliphatic rings. The highest BCUT2D eigenvalue weighted by molar-refractivity contribution is 5.80. The zero-order valence-corrected chi connectivity index (χ0v) is 9.84. The standard InChI is InChI=1S/C15H15NO/c1-13-7-5-6-10-15(13)11-16-17-12-14-8-3-2-4-9-14/h2-11H,12H2,1H3/b16-11+. The first kappa shape index (κ1) is 11.4. The van der Waals surface area contributed by atoms with E-state index in [1.807, 2.05) is 48.5 Å². The molecular weight excluding hydrogens is 210 g/mol. The maximum absolute atomic E-state index is 5.25. The Morgan fingerprint density at radius 2 is 1.71 bits per heavy atom. The van der Waals surface area contributed by atoms with Crippen LogP contribution in [0, 0.1) is 6.92 Å². The molecule has 0 heterocycles. The van der Waals surface area contributed by atoms with Gasteiger partial charge >= 0.3 is 0 Å². The van der Waals surface area contributed by atoms with Crippen LogP contribution in [0.5, 0.6) is 0 Å². The van der Waals surface area contributed by atoms with Crippen LogP contribution in [0.1, 0.15) is 16.7 Å². The minimum Gasteiger partial charge on any atom is -0.391 e. The predicted octanol–water partition coefficient (Wildman–Crippen LogP) is 3.55. The Morgan fingerprint density at radius 3 is 2.47 bits per heavy atom. The van der Waals surface area contributed by atoms with E-state index in [-0.39, 0.29) is 0 Å². The third kappa shape index (κ3) is 3.45. The molecule has 0 aliphatic carbocycles. The monoisotopic (exact) mass is 225 g/mol. The van der Waals surface area contributed by atoms with E-state index in [2.05, 4.69) is 18.1 Å². The zero-order chi connectivity index (χ0) is 11.9. The van der Waals surface area contributed by atoms with E-state index in [0.29, 0.717) is 6.61 Å². The molecule has 86 valence electrons. The Balaban J connectivity index is 1.89. The summed E-state index contributed by atoms with van der Waals surface area (Å²) in [5.41, 5.74) is 3.40. The summed E-state index contributed by atoms with van der Waals surface area (Å²) in [5.74, 6) is 0. The number of benzene rings is 2. The first-order chi connectivity index (χ1) is 8.36.